The maximum atomic E-state index is 11.8. The quantitative estimate of drug-likeness (QED) is 0.733. The zero-order valence-corrected chi connectivity index (χ0v) is 13.0. The molecule has 0 spiro atoms. The number of hydrogen-bond acceptors (Lipinski definition) is 2. The number of ketones is 1. The number of benzene rings is 1. The Morgan fingerprint density at radius 3 is 2.95 bits per heavy atom. The summed E-state index contributed by atoms with van der Waals surface area (Å²) in [5, 5.41) is 0.807. The van der Waals surface area contributed by atoms with Crippen LogP contribution in [0.4, 0.5) is 0 Å². The van der Waals surface area contributed by atoms with Gasteiger partial charge < -0.3 is 0 Å². The molecule has 0 radical (unpaired) electrons. The van der Waals surface area contributed by atoms with Gasteiger partial charge in [0.15, 0.2) is 5.78 Å². The molecule has 0 aliphatic heterocycles. The summed E-state index contributed by atoms with van der Waals surface area (Å²) in [5.74, 6) is 0.189. The second-order valence-electron chi connectivity index (χ2n) is 5.51. The summed E-state index contributed by atoms with van der Waals surface area (Å²) in [7, 11) is 2.09. The van der Waals surface area contributed by atoms with Crippen molar-refractivity contribution in [1.82, 2.24) is 4.90 Å². The van der Waals surface area contributed by atoms with Gasteiger partial charge in [0.2, 0.25) is 0 Å². The molecule has 20 heavy (non-hydrogen) atoms. The van der Waals surface area contributed by atoms with E-state index in [-0.39, 0.29) is 5.78 Å². The first-order valence-electron chi connectivity index (χ1n) is 7.22. The van der Waals surface area contributed by atoms with Crippen molar-refractivity contribution in [3.63, 3.8) is 0 Å². The molecule has 1 aromatic carbocycles. The average Bonchev–Trinajstić information content (AvgIpc) is 2.86. The van der Waals surface area contributed by atoms with Gasteiger partial charge in [-0.05, 0) is 55.1 Å². The van der Waals surface area contributed by atoms with E-state index in [2.05, 4.69) is 30.7 Å². The first-order chi connectivity index (χ1) is 9.52. The van der Waals surface area contributed by atoms with Crippen LogP contribution in [-0.4, -0.2) is 24.3 Å². The molecule has 0 aromatic heterocycles. The minimum Gasteiger partial charge on any atom is -0.299 e. The van der Waals surface area contributed by atoms with Crippen LogP contribution in [0.1, 0.15) is 43.4 Å². The number of fused-ring (bicyclic) bond motifs is 1. The molecule has 1 unspecified atom stereocenters. The number of halogens is 1. The molecule has 3 heteroatoms. The molecule has 0 amide bonds. The van der Waals surface area contributed by atoms with Crippen LogP contribution in [0.15, 0.2) is 30.4 Å². The molecule has 1 aromatic rings. The molecular weight excluding hydrogens is 270 g/mol. The number of carbonyl (C=O) groups excluding carboxylic acids is 1. The summed E-state index contributed by atoms with van der Waals surface area (Å²) in [6.07, 6.45) is 3.48. The van der Waals surface area contributed by atoms with Crippen molar-refractivity contribution < 1.29 is 4.79 Å². The fraction of sp³-hybridized carbons (Fsp3) is 0.471. The molecule has 2 nitrogen and oxygen atoms in total. The fourth-order valence-electron chi connectivity index (χ4n) is 2.83. The van der Waals surface area contributed by atoms with Gasteiger partial charge in [-0.25, -0.2) is 0 Å². The second-order valence-corrected chi connectivity index (χ2v) is 5.94. The van der Waals surface area contributed by atoms with Gasteiger partial charge in [0.1, 0.15) is 0 Å². The third-order valence-electron chi connectivity index (χ3n) is 4.20. The van der Waals surface area contributed by atoms with Crippen molar-refractivity contribution in [3.8, 4) is 0 Å². The molecule has 108 valence electrons. The van der Waals surface area contributed by atoms with Gasteiger partial charge in [0.25, 0.3) is 0 Å². The Kier molecular flexibility index (Phi) is 5.00. The van der Waals surface area contributed by atoms with Crippen molar-refractivity contribution in [3.05, 3.63) is 46.5 Å². The summed E-state index contributed by atoms with van der Waals surface area (Å²) in [6.45, 7) is 6.57. The van der Waals surface area contributed by atoms with Crippen molar-refractivity contribution >= 4 is 17.4 Å². The van der Waals surface area contributed by atoms with E-state index >= 15 is 0 Å². The molecule has 1 aliphatic carbocycles. The van der Waals surface area contributed by atoms with E-state index in [4.69, 9.17) is 11.6 Å². The SMILES string of the molecule is C=C(CC)C(=O)CCN(C)C1CCc2cc(Cl)ccc21. The monoisotopic (exact) mass is 291 g/mol. The summed E-state index contributed by atoms with van der Waals surface area (Å²) in [5.41, 5.74) is 3.44. The molecule has 0 bridgehead atoms. The molecular formula is C17H22ClNO. The van der Waals surface area contributed by atoms with E-state index in [9.17, 15) is 4.79 Å². The number of allylic oxidation sites excluding steroid dienone is 1. The minimum atomic E-state index is 0.189. The lowest BCUT2D eigenvalue weighted by atomic mass is 10.1. The molecule has 0 saturated carbocycles. The fourth-order valence-corrected chi connectivity index (χ4v) is 3.02. The van der Waals surface area contributed by atoms with E-state index in [1.165, 1.54) is 11.1 Å². The van der Waals surface area contributed by atoms with E-state index in [1.807, 2.05) is 13.0 Å². The zero-order chi connectivity index (χ0) is 14.7. The molecule has 1 atom stereocenters. The van der Waals surface area contributed by atoms with Crippen LogP contribution >= 0.6 is 11.6 Å². The standard InChI is InChI=1S/C17H22ClNO/c1-4-12(2)17(20)9-10-19(3)16-8-5-13-11-14(18)6-7-15(13)16/h6-7,11,16H,2,4-5,8-10H2,1,3H3. The lowest BCUT2D eigenvalue weighted by molar-refractivity contribution is -0.116. The highest BCUT2D eigenvalue weighted by Crippen LogP contribution is 2.36. The Morgan fingerprint density at radius 1 is 1.50 bits per heavy atom. The Bertz CT molecular complexity index is 524. The van der Waals surface area contributed by atoms with Gasteiger partial charge in [-0.15, -0.1) is 0 Å². The lowest BCUT2D eigenvalue weighted by Crippen LogP contribution is -2.26. The van der Waals surface area contributed by atoms with Gasteiger partial charge in [-0.3, -0.25) is 9.69 Å². The number of aryl methyl sites for hydroxylation is 1. The lowest BCUT2D eigenvalue weighted by Gasteiger charge is -2.25. The molecule has 0 N–H and O–H groups in total. The zero-order valence-electron chi connectivity index (χ0n) is 12.3. The van der Waals surface area contributed by atoms with E-state index in [1.54, 1.807) is 0 Å². The van der Waals surface area contributed by atoms with Gasteiger partial charge in [-0.2, -0.15) is 0 Å². The second kappa shape index (κ2) is 6.55. The van der Waals surface area contributed by atoms with Crippen molar-refractivity contribution in [1.29, 1.82) is 0 Å². The maximum Gasteiger partial charge on any atom is 0.159 e. The predicted octanol–water partition coefficient (Wildman–Crippen LogP) is 4.18. The highest BCUT2D eigenvalue weighted by atomic mass is 35.5. The highest BCUT2D eigenvalue weighted by Gasteiger charge is 2.26. The van der Waals surface area contributed by atoms with Gasteiger partial charge >= 0.3 is 0 Å². The molecule has 0 saturated heterocycles. The minimum absolute atomic E-state index is 0.189. The number of nitrogens with zero attached hydrogens (tertiary/aromatic N) is 1. The summed E-state index contributed by atoms with van der Waals surface area (Å²) in [6, 6.07) is 6.55. The molecule has 0 fully saturated rings. The number of hydrogen-bond donors (Lipinski definition) is 0. The van der Waals surface area contributed by atoms with E-state index < -0.39 is 0 Å². The van der Waals surface area contributed by atoms with Crippen LogP contribution < -0.4 is 0 Å². The summed E-state index contributed by atoms with van der Waals surface area (Å²) < 4.78 is 0. The van der Waals surface area contributed by atoms with Crippen LogP contribution in [0.3, 0.4) is 0 Å². The van der Waals surface area contributed by atoms with Crippen molar-refractivity contribution in [2.24, 2.45) is 0 Å². The molecule has 2 rings (SSSR count). The van der Waals surface area contributed by atoms with Gasteiger partial charge in [0.05, 0.1) is 0 Å². The third kappa shape index (κ3) is 3.31. The van der Waals surface area contributed by atoms with E-state index in [0.29, 0.717) is 12.5 Å². The molecule has 0 heterocycles. The summed E-state index contributed by atoms with van der Waals surface area (Å²) in [4.78, 5) is 14.1. The predicted molar refractivity (Wildman–Crippen MR) is 84.2 cm³/mol. The Hall–Kier alpha value is -1.12. The smallest absolute Gasteiger partial charge is 0.159 e. The summed E-state index contributed by atoms with van der Waals surface area (Å²) >= 11 is 6.04. The van der Waals surface area contributed by atoms with Crippen LogP contribution in [0.5, 0.6) is 0 Å². The van der Waals surface area contributed by atoms with Crippen LogP contribution in [0.2, 0.25) is 5.02 Å². The third-order valence-corrected chi connectivity index (χ3v) is 4.43. The number of Topliss-reactive ketones (excluding diaryl/α,β-unsaturated/α-hetero) is 1. The first kappa shape index (κ1) is 15.3. The maximum absolute atomic E-state index is 11.8. The molecule has 1 aliphatic rings. The van der Waals surface area contributed by atoms with E-state index in [0.717, 1.165) is 36.4 Å². The van der Waals surface area contributed by atoms with Gasteiger partial charge in [0, 0.05) is 24.0 Å². The van der Waals surface area contributed by atoms with Crippen LogP contribution in [-0.2, 0) is 11.2 Å². The van der Waals surface area contributed by atoms with Gasteiger partial charge in [-0.1, -0.05) is 31.2 Å². The van der Waals surface area contributed by atoms with Crippen LogP contribution in [0, 0.1) is 0 Å². The number of rotatable bonds is 6. The van der Waals surface area contributed by atoms with Crippen LogP contribution in [0.25, 0.3) is 0 Å². The normalized spacial score (nSPS) is 17.3. The number of carbonyl (C=O) groups is 1. The largest absolute Gasteiger partial charge is 0.299 e. The first-order valence-corrected chi connectivity index (χ1v) is 7.60. The highest BCUT2D eigenvalue weighted by molar-refractivity contribution is 6.30. The van der Waals surface area contributed by atoms with Crippen molar-refractivity contribution in [2.45, 2.75) is 38.6 Å². The Labute approximate surface area is 126 Å². The van der Waals surface area contributed by atoms with Crippen molar-refractivity contribution in [2.75, 3.05) is 13.6 Å². The Balaban J connectivity index is 1.97. The topological polar surface area (TPSA) is 20.3 Å². The Morgan fingerprint density at radius 2 is 2.25 bits per heavy atom. The average molecular weight is 292 g/mol.